The Morgan fingerprint density at radius 2 is 1.34 bits per heavy atom. The molecular formula is C23H34N2O4+2. The number of rotatable bonds is 9. The van der Waals surface area contributed by atoms with Gasteiger partial charge in [-0.15, -0.1) is 0 Å². The number of quaternary nitrogens is 2. The van der Waals surface area contributed by atoms with E-state index in [1.807, 2.05) is 18.2 Å². The van der Waals surface area contributed by atoms with E-state index in [4.69, 9.17) is 18.9 Å². The van der Waals surface area contributed by atoms with Crippen LogP contribution in [0.1, 0.15) is 11.1 Å². The van der Waals surface area contributed by atoms with Crippen molar-refractivity contribution in [1.82, 2.24) is 0 Å². The maximum absolute atomic E-state index is 5.64. The van der Waals surface area contributed by atoms with E-state index in [-0.39, 0.29) is 0 Å². The van der Waals surface area contributed by atoms with Gasteiger partial charge in [-0.3, -0.25) is 0 Å². The SMILES string of the molecule is COc1ccc(CC[NH+]2CC[NH+](Cc3ccc(OC)c(OC)c3OC)CC2)cc1. The highest BCUT2D eigenvalue weighted by atomic mass is 16.5. The van der Waals surface area contributed by atoms with Crippen molar-refractivity contribution in [3.63, 3.8) is 0 Å². The molecule has 0 aromatic heterocycles. The molecule has 1 fully saturated rings. The first-order valence-corrected chi connectivity index (χ1v) is 10.3. The van der Waals surface area contributed by atoms with E-state index in [9.17, 15) is 0 Å². The van der Waals surface area contributed by atoms with Gasteiger partial charge in [-0.05, 0) is 29.8 Å². The molecule has 0 bridgehead atoms. The number of nitrogens with one attached hydrogen (secondary N) is 2. The molecule has 6 heteroatoms. The van der Waals surface area contributed by atoms with Crippen LogP contribution in [0.5, 0.6) is 23.0 Å². The summed E-state index contributed by atoms with van der Waals surface area (Å²) in [5, 5.41) is 0. The lowest BCUT2D eigenvalue weighted by Gasteiger charge is -2.30. The molecule has 3 rings (SSSR count). The number of benzene rings is 2. The minimum Gasteiger partial charge on any atom is -0.497 e. The van der Waals surface area contributed by atoms with Gasteiger partial charge in [0.25, 0.3) is 0 Å². The van der Waals surface area contributed by atoms with Gasteiger partial charge in [0.15, 0.2) is 11.5 Å². The van der Waals surface area contributed by atoms with Gasteiger partial charge in [0, 0.05) is 6.42 Å². The summed E-state index contributed by atoms with van der Waals surface area (Å²) in [5.74, 6) is 3.09. The fourth-order valence-corrected chi connectivity index (χ4v) is 4.07. The molecule has 1 aliphatic heterocycles. The Kier molecular flexibility index (Phi) is 7.61. The first-order chi connectivity index (χ1) is 14.2. The van der Waals surface area contributed by atoms with E-state index < -0.39 is 0 Å². The number of ether oxygens (including phenoxy) is 4. The quantitative estimate of drug-likeness (QED) is 0.631. The van der Waals surface area contributed by atoms with Crippen molar-refractivity contribution in [2.24, 2.45) is 0 Å². The van der Waals surface area contributed by atoms with Crippen LogP contribution >= 0.6 is 0 Å². The Bertz CT molecular complexity index is 771. The fraction of sp³-hybridized carbons (Fsp3) is 0.478. The summed E-state index contributed by atoms with van der Waals surface area (Å²) in [6.45, 7) is 6.83. The Balaban J connectivity index is 1.52. The van der Waals surface area contributed by atoms with Crippen molar-refractivity contribution >= 4 is 0 Å². The molecule has 0 radical (unpaired) electrons. The standard InChI is InChI=1S/C23H32N2O4/c1-26-20-8-5-18(6-9-20)11-12-24-13-15-25(16-14-24)17-19-7-10-21(27-2)23(29-4)22(19)28-3/h5-10H,11-17H2,1-4H3/p+2. The maximum Gasteiger partial charge on any atom is 0.203 e. The Morgan fingerprint density at radius 1 is 0.690 bits per heavy atom. The van der Waals surface area contributed by atoms with Gasteiger partial charge in [0.1, 0.15) is 38.5 Å². The molecule has 0 unspecified atom stereocenters. The molecule has 0 saturated carbocycles. The third kappa shape index (κ3) is 5.34. The van der Waals surface area contributed by atoms with Crippen LogP contribution in [0.3, 0.4) is 0 Å². The van der Waals surface area contributed by atoms with Crippen molar-refractivity contribution < 1.29 is 28.7 Å². The highest BCUT2D eigenvalue weighted by Crippen LogP contribution is 2.39. The minimum absolute atomic E-state index is 0.677. The molecule has 2 aromatic carbocycles. The summed E-state index contributed by atoms with van der Waals surface area (Å²) in [7, 11) is 6.70. The van der Waals surface area contributed by atoms with Gasteiger partial charge in [-0.2, -0.15) is 0 Å². The van der Waals surface area contributed by atoms with Crippen molar-refractivity contribution in [2.75, 3.05) is 61.2 Å². The van der Waals surface area contributed by atoms with Crippen LogP contribution in [0.4, 0.5) is 0 Å². The lowest BCUT2D eigenvalue weighted by Crippen LogP contribution is -3.27. The summed E-state index contributed by atoms with van der Waals surface area (Å²) in [6, 6.07) is 12.5. The highest BCUT2D eigenvalue weighted by molar-refractivity contribution is 5.55. The molecular weight excluding hydrogens is 368 g/mol. The molecule has 0 amide bonds. The number of methoxy groups -OCH3 is 4. The molecule has 29 heavy (non-hydrogen) atoms. The molecule has 0 spiro atoms. The average molecular weight is 403 g/mol. The van der Waals surface area contributed by atoms with E-state index in [2.05, 4.69) is 18.2 Å². The second-order valence-electron chi connectivity index (χ2n) is 7.52. The van der Waals surface area contributed by atoms with Crippen LogP contribution < -0.4 is 28.7 Å². The van der Waals surface area contributed by atoms with Crippen LogP contribution in [-0.2, 0) is 13.0 Å². The van der Waals surface area contributed by atoms with Crippen molar-refractivity contribution in [3.05, 3.63) is 47.5 Å². The van der Waals surface area contributed by atoms with Gasteiger partial charge < -0.3 is 28.7 Å². The van der Waals surface area contributed by atoms with Gasteiger partial charge in [-0.1, -0.05) is 12.1 Å². The van der Waals surface area contributed by atoms with Crippen LogP contribution in [0.2, 0.25) is 0 Å². The molecule has 158 valence electrons. The van der Waals surface area contributed by atoms with Crippen LogP contribution in [-0.4, -0.2) is 61.2 Å². The first-order valence-electron chi connectivity index (χ1n) is 10.3. The Morgan fingerprint density at radius 3 is 1.93 bits per heavy atom. The van der Waals surface area contributed by atoms with Crippen LogP contribution in [0.15, 0.2) is 36.4 Å². The number of hydrogen-bond acceptors (Lipinski definition) is 4. The summed E-state index contributed by atoms with van der Waals surface area (Å²) in [6.07, 6.45) is 1.11. The van der Waals surface area contributed by atoms with Gasteiger partial charge in [-0.25, -0.2) is 0 Å². The number of hydrogen-bond donors (Lipinski definition) is 2. The van der Waals surface area contributed by atoms with Crippen molar-refractivity contribution in [3.8, 4) is 23.0 Å². The average Bonchev–Trinajstić information content (AvgIpc) is 2.78. The molecule has 1 aliphatic rings. The van der Waals surface area contributed by atoms with E-state index in [1.165, 1.54) is 30.8 Å². The maximum atomic E-state index is 5.64. The molecule has 2 aromatic rings. The fourth-order valence-electron chi connectivity index (χ4n) is 4.07. The van der Waals surface area contributed by atoms with E-state index in [0.29, 0.717) is 11.5 Å². The Labute approximate surface area is 173 Å². The zero-order valence-electron chi connectivity index (χ0n) is 18.0. The van der Waals surface area contributed by atoms with Gasteiger partial charge in [0.05, 0.1) is 40.5 Å². The van der Waals surface area contributed by atoms with E-state index >= 15 is 0 Å². The third-order valence-electron chi connectivity index (χ3n) is 5.82. The highest BCUT2D eigenvalue weighted by Gasteiger charge is 2.25. The second kappa shape index (κ2) is 10.4. The van der Waals surface area contributed by atoms with E-state index in [0.717, 1.165) is 37.6 Å². The Hall–Kier alpha value is -2.44. The van der Waals surface area contributed by atoms with Crippen LogP contribution in [0.25, 0.3) is 0 Å². The molecule has 0 atom stereocenters. The minimum atomic E-state index is 0.677. The smallest absolute Gasteiger partial charge is 0.203 e. The zero-order chi connectivity index (χ0) is 20.6. The van der Waals surface area contributed by atoms with Crippen molar-refractivity contribution in [1.29, 1.82) is 0 Å². The van der Waals surface area contributed by atoms with E-state index in [1.54, 1.807) is 38.2 Å². The molecule has 1 heterocycles. The molecule has 1 saturated heterocycles. The largest absolute Gasteiger partial charge is 0.497 e. The molecule has 2 N–H and O–H groups in total. The summed E-state index contributed by atoms with van der Waals surface area (Å²) in [4.78, 5) is 3.27. The number of piperazine rings is 1. The second-order valence-corrected chi connectivity index (χ2v) is 7.52. The summed E-state index contributed by atoms with van der Waals surface area (Å²) in [5.41, 5.74) is 2.55. The van der Waals surface area contributed by atoms with Crippen molar-refractivity contribution in [2.45, 2.75) is 13.0 Å². The monoisotopic (exact) mass is 402 g/mol. The summed E-state index contributed by atoms with van der Waals surface area (Å²) >= 11 is 0. The summed E-state index contributed by atoms with van der Waals surface area (Å²) < 4.78 is 21.8. The van der Waals surface area contributed by atoms with Gasteiger partial charge >= 0.3 is 0 Å². The zero-order valence-corrected chi connectivity index (χ0v) is 18.0. The first kappa shape index (κ1) is 21.3. The van der Waals surface area contributed by atoms with Crippen LogP contribution in [0, 0.1) is 0 Å². The lowest BCUT2D eigenvalue weighted by atomic mass is 10.1. The predicted octanol–water partition coefficient (Wildman–Crippen LogP) is 0.247. The lowest BCUT2D eigenvalue weighted by molar-refractivity contribution is -1.02. The topological polar surface area (TPSA) is 45.8 Å². The van der Waals surface area contributed by atoms with Gasteiger partial charge in [0.2, 0.25) is 5.75 Å². The normalized spacial score (nSPS) is 18.9. The molecule has 6 nitrogen and oxygen atoms in total. The predicted molar refractivity (Wildman–Crippen MR) is 113 cm³/mol. The third-order valence-corrected chi connectivity index (χ3v) is 5.82. The molecule has 0 aliphatic carbocycles.